The highest BCUT2D eigenvalue weighted by Crippen LogP contribution is 2.35. The molecule has 0 amide bonds. The SMILES string of the molecule is CCCCCCCC1CCC(CCc2ccc3cc(C#Cc4ccc(C)cc4)ccc3c2F)CC1. The summed E-state index contributed by atoms with van der Waals surface area (Å²) in [4.78, 5) is 0. The lowest BCUT2D eigenvalue weighted by molar-refractivity contribution is 0.248. The van der Waals surface area contributed by atoms with Crippen molar-refractivity contribution >= 4 is 10.8 Å². The molecule has 0 nitrogen and oxygen atoms in total. The van der Waals surface area contributed by atoms with Crippen LogP contribution in [0.2, 0.25) is 0 Å². The van der Waals surface area contributed by atoms with Crippen molar-refractivity contribution in [3.05, 3.63) is 82.7 Å². The second-order valence-electron chi connectivity index (χ2n) is 10.7. The van der Waals surface area contributed by atoms with Crippen molar-refractivity contribution in [1.82, 2.24) is 0 Å². The molecule has 0 unspecified atom stereocenters. The van der Waals surface area contributed by atoms with Gasteiger partial charge in [0.1, 0.15) is 5.82 Å². The van der Waals surface area contributed by atoms with Crippen LogP contribution in [0.4, 0.5) is 4.39 Å². The fourth-order valence-corrected chi connectivity index (χ4v) is 5.59. The van der Waals surface area contributed by atoms with Gasteiger partial charge in [0.05, 0.1) is 0 Å². The van der Waals surface area contributed by atoms with E-state index in [1.54, 1.807) is 0 Å². The molecule has 3 aromatic rings. The van der Waals surface area contributed by atoms with Gasteiger partial charge in [-0.15, -0.1) is 0 Å². The smallest absolute Gasteiger partial charge is 0.134 e. The molecule has 1 heteroatoms. The first-order valence-electron chi connectivity index (χ1n) is 13.9. The summed E-state index contributed by atoms with van der Waals surface area (Å²) in [6, 6.07) is 18.1. The maximum atomic E-state index is 15.3. The Hall–Kier alpha value is -2.59. The van der Waals surface area contributed by atoms with E-state index in [1.807, 2.05) is 36.4 Å². The van der Waals surface area contributed by atoms with Crippen LogP contribution in [0.25, 0.3) is 10.8 Å². The fourth-order valence-electron chi connectivity index (χ4n) is 5.59. The van der Waals surface area contributed by atoms with Crippen molar-refractivity contribution in [2.75, 3.05) is 0 Å². The van der Waals surface area contributed by atoms with Crippen molar-refractivity contribution in [1.29, 1.82) is 0 Å². The number of rotatable bonds is 9. The van der Waals surface area contributed by atoms with E-state index >= 15 is 4.39 Å². The Morgan fingerprint density at radius 2 is 1.40 bits per heavy atom. The normalized spacial score (nSPS) is 17.8. The Bertz CT molecular complexity index is 1140. The second kappa shape index (κ2) is 12.9. The lowest BCUT2D eigenvalue weighted by atomic mass is 9.77. The Balaban J connectivity index is 1.29. The predicted octanol–water partition coefficient (Wildman–Crippen LogP) is 9.79. The summed E-state index contributed by atoms with van der Waals surface area (Å²) in [7, 11) is 0. The van der Waals surface area contributed by atoms with Gasteiger partial charge in [-0.25, -0.2) is 4.39 Å². The second-order valence-corrected chi connectivity index (χ2v) is 10.7. The number of benzene rings is 3. The summed E-state index contributed by atoms with van der Waals surface area (Å²) in [6.07, 6.45) is 15.8. The minimum absolute atomic E-state index is 0.0405. The highest BCUT2D eigenvalue weighted by atomic mass is 19.1. The van der Waals surface area contributed by atoms with Gasteiger partial charge in [0.15, 0.2) is 0 Å². The van der Waals surface area contributed by atoms with E-state index in [4.69, 9.17) is 0 Å². The van der Waals surface area contributed by atoms with Gasteiger partial charge in [-0.2, -0.15) is 0 Å². The molecule has 4 rings (SSSR count). The van der Waals surface area contributed by atoms with Gasteiger partial charge in [-0.3, -0.25) is 0 Å². The molecule has 1 aliphatic carbocycles. The number of halogens is 1. The molecule has 1 fully saturated rings. The van der Waals surface area contributed by atoms with E-state index in [-0.39, 0.29) is 5.82 Å². The molecule has 184 valence electrons. The molecule has 0 aliphatic heterocycles. The fraction of sp³-hybridized carbons (Fsp3) is 0.471. The topological polar surface area (TPSA) is 0 Å². The third-order valence-electron chi connectivity index (χ3n) is 7.94. The van der Waals surface area contributed by atoms with Crippen molar-refractivity contribution in [3.8, 4) is 11.8 Å². The summed E-state index contributed by atoms with van der Waals surface area (Å²) in [5, 5.41) is 1.65. The average molecular weight is 469 g/mol. The Morgan fingerprint density at radius 1 is 0.743 bits per heavy atom. The van der Waals surface area contributed by atoms with Crippen LogP contribution < -0.4 is 0 Å². The number of hydrogen-bond acceptors (Lipinski definition) is 0. The summed E-state index contributed by atoms with van der Waals surface area (Å²) >= 11 is 0. The first-order valence-corrected chi connectivity index (χ1v) is 13.9. The lowest BCUT2D eigenvalue weighted by Gasteiger charge is -2.28. The largest absolute Gasteiger partial charge is 0.206 e. The van der Waals surface area contributed by atoms with Gasteiger partial charge in [0.2, 0.25) is 0 Å². The van der Waals surface area contributed by atoms with Gasteiger partial charge < -0.3 is 0 Å². The number of aryl methyl sites for hydroxylation is 2. The number of fused-ring (bicyclic) bond motifs is 1. The quantitative estimate of drug-likeness (QED) is 0.216. The van der Waals surface area contributed by atoms with E-state index in [0.29, 0.717) is 0 Å². The summed E-state index contributed by atoms with van der Waals surface area (Å²) < 4.78 is 15.3. The molecule has 3 aromatic carbocycles. The summed E-state index contributed by atoms with van der Waals surface area (Å²) in [5.74, 6) is 8.10. The van der Waals surface area contributed by atoms with Crippen LogP contribution in [-0.2, 0) is 6.42 Å². The Morgan fingerprint density at radius 3 is 2.14 bits per heavy atom. The predicted molar refractivity (Wildman–Crippen MR) is 148 cm³/mol. The van der Waals surface area contributed by atoms with Crippen molar-refractivity contribution in [2.45, 2.75) is 90.9 Å². The molecule has 0 saturated heterocycles. The van der Waals surface area contributed by atoms with Crippen molar-refractivity contribution < 1.29 is 4.39 Å². The van der Waals surface area contributed by atoms with Crippen molar-refractivity contribution in [3.63, 3.8) is 0 Å². The molecule has 0 spiro atoms. The van der Waals surface area contributed by atoms with E-state index in [1.165, 1.54) is 69.8 Å². The molecule has 0 radical (unpaired) electrons. The molecule has 0 bridgehead atoms. The zero-order valence-electron chi connectivity index (χ0n) is 21.7. The number of hydrogen-bond donors (Lipinski definition) is 0. The van der Waals surface area contributed by atoms with Crippen molar-refractivity contribution in [2.24, 2.45) is 11.8 Å². The lowest BCUT2D eigenvalue weighted by Crippen LogP contribution is -2.15. The highest BCUT2D eigenvalue weighted by molar-refractivity contribution is 5.85. The molecule has 1 aliphatic rings. The van der Waals surface area contributed by atoms with Crippen LogP contribution in [0, 0.1) is 36.4 Å². The maximum Gasteiger partial charge on any atom is 0.134 e. The molecule has 0 N–H and O–H groups in total. The Labute approximate surface area is 212 Å². The van der Waals surface area contributed by atoms with E-state index < -0.39 is 0 Å². The first kappa shape index (κ1) is 25.5. The van der Waals surface area contributed by atoms with Crippen LogP contribution in [0.5, 0.6) is 0 Å². The minimum atomic E-state index is -0.0405. The van der Waals surface area contributed by atoms with Gasteiger partial charge in [-0.1, -0.05) is 119 Å². The maximum absolute atomic E-state index is 15.3. The summed E-state index contributed by atoms with van der Waals surface area (Å²) in [6.45, 7) is 4.36. The third-order valence-corrected chi connectivity index (χ3v) is 7.94. The van der Waals surface area contributed by atoms with Gasteiger partial charge in [0, 0.05) is 16.5 Å². The van der Waals surface area contributed by atoms with E-state index in [9.17, 15) is 0 Å². The van der Waals surface area contributed by atoms with Crippen LogP contribution in [0.15, 0.2) is 54.6 Å². The average Bonchev–Trinajstić information content (AvgIpc) is 2.88. The van der Waals surface area contributed by atoms with E-state index in [0.717, 1.165) is 52.1 Å². The minimum Gasteiger partial charge on any atom is -0.206 e. The van der Waals surface area contributed by atoms with Crippen LogP contribution in [-0.4, -0.2) is 0 Å². The highest BCUT2D eigenvalue weighted by Gasteiger charge is 2.21. The Kier molecular flexibility index (Phi) is 9.42. The van der Waals surface area contributed by atoms with Crippen LogP contribution >= 0.6 is 0 Å². The standard InChI is InChI=1S/C34H41F/c1-3-4-5-6-7-8-27-13-15-29(16-14-27)19-21-31-22-23-32-25-30(20-24-33(32)34(31)35)18-17-28-11-9-26(2)10-12-28/h9-12,20,22-25,27,29H,3-8,13-16,19,21H2,1-2H3. The molecular weight excluding hydrogens is 427 g/mol. The third kappa shape index (κ3) is 7.44. The molecular formula is C34H41F. The van der Waals surface area contributed by atoms with Gasteiger partial charge in [0.25, 0.3) is 0 Å². The summed E-state index contributed by atoms with van der Waals surface area (Å²) in [5.41, 5.74) is 4.02. The van der Waals surface area contributed by atoms with Crippen LogP contribution in [0.3, 0.4) is 0 Å². The first-order chi connectivity index (χ1) is 17.1. The monoisotopic (exact) mass is 468 g/mol. The molecule has 0 heterocycles. The van der Waals surface area contributed by atoms with Gasteiger partial charge in [-0.05, 0) is 66.8 Å². The molecule has 0 aromatic heterocycles. The van der Waals surface area contributed by atoms with E-state index in [2.05, 4.69) is 43.9 Å². The molecule has 0 atom stereocenters. The van der Waals surface area contributed by atoms with Crippen LogP contribution in [0.1, 0.15) is 99.8 Å². The zero-order valence-corrected chi connectivity index (χ0v) is 21.7. The van der Waals surface area contributed by atoms with Gasteiger partial charge >= 0.3 is 0 Å². The zero-order chi connectivity index (χ0) is 24.5. The molecule has 1 saturated carbocycles. The number of unbranched alkanes of at least 4 members (excludes halogenated alkanes) is 4. The molecule has 35 heavy (non-hydrogen) atoms.